The molecule has 7 rings (SSSR count). The van der Waals surface area contributed by atoms with E-state index in [-0.39, 0.29) is 45.1 Å². The Labute approximate surface area is 385 Å². The number of carbonyl (C=O) groups excluding carboxylic acids is 6. The molecule has 0 unspecified atom stereocenters. The van der Waals surface area contributed by atoms with Crippen molar-refractivity contribution in [3.8, 4) is 0 Å². The van der Waals surface area contributed by atoms with Crippen LogP contribution in [0.2, 0.25) is 0 Å². The Morgan fingerprint density at radius 2 is 1.34 bits per heavy atom. The van der Waals surface area contributed by atoms with Crippen molar-refractivity contribution in [3.05, 3.63) is 11.6 Å². The van der Waals surface area contributed by atoms with Gasteiger partial charge in [-0.15, -0.1) is 0 Å². The van der Waals surface area contributed by atoms with Crippen molar-refractivity contribution >= 4 is 35.8 Å². The van der Waals surface area contributed by atoms with E-state index in [4.69, 9.17) is 33.2 Å². The van der Waals surface area contributed by atoms with Gasteiger partial charge in [0.15, 0.2) is 12.2 Å². The molecule has 0 aromatic heterocycles. The van der Waals surface area contributed by atoms with Crippen molar-refractivity contribution in [1.82, 2.24) is 10.2 Å². The smallest absolute Gasteiger partial charge is 0.320 e. The zero-order valence-electron chi connectivity index (χ0n) is 40.8. The van der Waals surface area contributed by atoms with Gasteiger partial charge in [-0.1, -0.05) is 60.1 Å². The van der Waals surface area contributed by atoms with Gasteiger partial charge in [0, 0.05) is 59.3 Å². The maximum absolute atomic E-state index is 15.3. The molecule has 5 aliphatic carbocycles. The van der Waals surface area contributed by atoms with E-state index in [0.717, 1.165) is 91.4 Å². The van der Waals surface area contributed by atoms with Crippen LogP contribution in [0.4, 0.5) is 0 Å². The van der Waals surface area contributed by atoms with Gasteiger partial charge >= 0.3 is 35.8 Å². The third-order valence-corrected chi connectivity index (χ3v) is 18.0. The Morgan fingerprint density at radius 3 is 1.98 bits per heavy atom. The fourth-order valence-corrected chi connectivity index (χ4v) is 14.6. The normalized spacial score (nSPS) is 40.7. The summed E-state index contributed by atoms with van der Waals surface area (Å²) in [4.78, 5) is 80.4. The van der Waals surface area contributed by atoms with Crippen LogP contribution in [0, 0.1) is 50.2 Å². The molecule has 0 bridgehead atoms. The molecule has 2 aliphatic heterocycles. The number of esters is 6. The number of hydrogen-bond acceptors (Lipinski definition) is 15. The Bertz CT molecular complexity index is 1910. The summed E-state index contributed by atoms with van der Waals surface area (Å²) in [5.41, 5.74) is -0.138. The lowest BCUT2D eigenvalue weighted by Crippen LogP contribution is -2.66. The predicted octanol–water partition coefficient (Wildman–Crippen LogP) is 6.23. The lowest BCUT2D eigenvalue weighted by atomic mass is 9.33. The van der Waals surface area contributed by atoms with Crippen LogP contribution in [0.15, 0.2) is 11.6 Å². The number of allylic oxidation sites excluding steroid dienone is 2. The molecule has 15 nitrogen and oxygen atoms in total. The summed E-state index contributed by atoms with van der Waals surface area (Å²) in [5.74, 6) is -2.91. The van der Waals surface area contributed by atoms with Gasteiger partial charge in [0.2, 0.25) is 12.4 Å². The highest BCUT2D eigenvalue weighted by Crippen LogP contribution is 2.76. The summed E-state index contributed by atoms with van der Waals surface area (Å²) in [7, 11) is 0. The number of fused-ring (bicyclic) bond motifs is 7. The summed E-state index contributed by atoms with van der Waals surface area (Å²) in [6.45, 7) is 24.7. The minimum Gasteiger partial charge on any atom is -0.463 e. The predicted molar refractivity (Wildman–Crippen MR) is 236 cm³/mol. The molecule has 13 atom stereocenters. The third-order valence-electron chi connectivity index (χ3n) is 18.0. The van der Waals surface area contributed by atoms with E-state index in [1.165, 1.54) is 19.4 Å². The van der Waals surface area contributed by atoms with Crippen molar-refractivity contribution in [2.24, 2.45) is 50.2 Å². The quantitative estimate of drug-likeness (QED) is 0.148. The first-order chi connectivity index (χ1) is 30.4. The van der Waals surface area contributed by atoms with E-state index in [2.05, 4.69) is 64.8 Å². The number of piperazine rings is 1. The molecule has 4 saturated carbocycles. The minimum absolute atomic E-state index is 0.0113. The van der Waals surface area contributed by atoms with Crippen molar-refractivity contribution < 1.29 is 61.9 Å². The van der Waals surface area contributed by atoms with Gasteiger partial charge in [-0.2, -0.15) is 0 Å². The highest BCUT2D eigenvalue weighted by atomic mass is 16.7. The van der Waals surface area contributed by atoms with Crippen LogP contribution in [-0.4, -0.2) is 117 Å². The van der Waals surface area contributed by atoms with E-state index in [9.17, 15) is 24.0 Å². The Kier molecular flexibility index (Phi) is 13.8. The number of ether oxygens (including phenoxy) is 7. The van der Waals surface area contributed by atoms with Crippen LogP contribution in [-0.2, 0) is 61.9 Å². The number of rotatable bonds is 10. The van der Waals surface area contributed by atoms with Gasteiger partial charge < -0.3 is 38.5 Å². The monoisotopic (exact) mass is 913 g/mol. The molecule has 364 valence electrons. The van der Waals surface area contributed by atoms with Crippen molar-refractivity contribution in [3.63, 3.8) is 0 Å². The molecule has 0 amide bonds. The molecule has 6 fully saturated rings. The molecule has 0 aromatic rings. The first-order valence-corrected chi connectivity index (χ1v) is 24.2. The zero-order chi connectivity index (χ0) is 47.5. The lowest BCUT2D eigenvalue weighted by molar-refractivity contribution is -0.304. The topological polar surface area (TPSA) is 182 Å². The Hall–Kier alpha value is -3.56. The average molecular weight is 913 g/mol. The molecule has 2 heterocycles. The first-order valence-electron chi connectivity index (χ1n) is 24.2. The minimum atomic E-state index is -1.58. The maximum Gasteiger partial charge on any atom is 0.320 e. The summed E-state index contributed by atoms with van der Waals surface area (Å²) in [5, 5.41) is 3.36. The third kappa shape index (κ3) is 9.12. The Morgan fingerprint density at radius 1 is 0.708 bits per heavy atom. The van der Waals surface area contributed by atoms with E-state index in [1.54, 1.807) is 0 Å². The largest absolute Gasteiger partial charge is 0.463 e. The second-order valence-corrected chi connectivity index (χ2v) is 22.7. The van der Waals surface area contributed by atoms with Crippen LogP contribution in [0.1, 0.15) is 140 Å². The number of nitrogens with one attached hydrogen (secondary N) is 1. The summed E-state index contributed by atoms with van der Waals surface area (Å²) in [6.07, 6.45) is 3.45. The van der Waals surface area contributed by atoms with Gasteiger partial charge in [0.25, 0.3) is 0 Å². The highest BCUT2D eigenvalue weighted by Gasteiger charge is 2.70. The van der Waals surface area contributed by atoms with Gasteiger partial charge in [-0.05, 0) is 104 Å². The van der Waals surface area contributed by atoms with E-state index >= 15 is 4.79 Å². The molecule has 0 radical (unpaired) electrons. The lowest BCUT2D eigenvalue weighted by Gasteiger charge is -2.71. The van der Waals surface area contributed by atoms with Crippen LogP contribution in [0.25, 0.3) is 0 Å². The molecule has 65 heavy (non-hydrogen) atoms. The SMILES string of the molecule is CC(=O)OC[C@H]1O[C@@H](OC(=O)[C@]23CCC(C)(C)C[C@H]2C2=CC[C@@H]4[C@@]5(C)CC[C@H](OC(=O)CN6CCNCC6)C(C)(C)[C@@H]5CC[C@@]4(C)[C@]2(C)CC3)[C@H](OC(C)=O)[C@@H](OC(C)=O)[C@H]1OC(C)=O. The second kappa shape index (κ2) is 18.2. The average Bonchev–Trinajstić information content (AvgIpc) is 3.20. The van der Waals surface area contributed by atoms with Crippen molar-refractivity contribution in [1.29, 1.82) is 0 Å². The van der Waals surface area contributed by atoms with Crippen LogP contribution in [0.5, 0.6) is 0 Å². The van der Waals surface area contributed by atoms with Crippen molar-refractivity contribution in [2.45, 2.75) is 177 Å². The van der Waals surface area contributed by atoms with Gasteiger partial charge in [0.05, 0.1) is 12.0 Å². The fourth-order valence-electron chi connectivity index (χ4n) is 14.6. The van der Waals surface area contributed by atoms with Crippen LogP contribution < -0.4 is 5.32 Å². The Balaban J connectivity index is 1.18. The zero-order valence-corrected chi connectivity index (χ0v) is 40.8. The highest BCUT2D eigenvalue weighted by molar-refractivity contribution is 5.79. The van der Waals surface area contributed by atoms with E-state index in [0.29, 0.717) is 31.2 Å². The molecule has 0 aromatic carbocycles. The molecule has 0 spiro atoms. The molecule has 15 heteroatoms. The van der Waals surface area contributed by atoms with E-state index in [1.807, 2.05) is 0 Å². The van der Waals surface area contributed by atoms with Gasteiger partial charge in [-0.25, -0.2) is 0 Å². The molecular weight excluding hydrogens is 837 g/mol. The van der Waals surface area contributed by atoms with Gasteiger partial charge in [-0.3, -0.25) is 33.7 Å². The fraction of sp³-hybridized carbons (Fsp3) is 0.840. The van der Waals surface area contributed by atoms with Crippen LogP contribution in [0.3, 0.4) is 0 Å². The van der Waals surface area contributed by atoms with E-state index < -0.39 is 72.6 Å². The number of carbonyl (C=O) groups is 6. The molecule has 1 N–H and O–H groups in total. The van der Waals surface area contributed by atoms with Crippen LogP contribution >= 0.6 is 0 Å². The molecule has 7 aliphatic rings. The maximum atomic E-state index is 15.3. The van der Waals surface area contributed by atoms with Crippen molar-refractivity contribution in [2.75, 3.05) is 39.3 Å². The summed E-state index contributed by atoms with van der Waals surface area (Å²) >= 11 is 0. The summed E-state index contributed by atoms with van der Waals surface area (Å²) < 4.78 is 41.3. The number of hydrogen-bond donors (Lipinski definition) is 1. The molecular formula is C50H76N2O13. The summed E-state index contributed by atoms with van der Waals surface area (Å²) in [6, 6.07) is 0. The van der Waals surface area contributed by atoms with Gasteiger partial charge in [0.1, 0.15) is 18.8 Å². The molecule has 2 saturated heterocycles. The second-order valence-electron chi connectivity index (χ2n) is 22.7. The first kappa shape index (κ1) is 49.3. The number of nitrogens with zero attached hydrogens (tertiary/aromatic N) is 1. The standard InChI is InChI=1S/C50H76N2O13/c1-29(53)59-28-35-40(60-30(2)54)41(61-31(3)55)42(62-32(4)56)43(63-35)65-44(58)50-20-18-45(5,6)26-34(50)33-12-13-37-47(9)16-15-38(64-39(57)27-52-24-22-51-23-25-52)46(7,8)36(47)14-17-49(37,11)48(33,10)19-21-50/h12,34-38,40-43,51H,13-28H2,1-11H3/t34-,35+,36-,37+,38-,40-,41-,42+,43-,47-,48+,49+,50-/m0/s1.